The van der Waals surface area contributed by atoms with Crippen LogP contribution >= 0.6 is 23.1 Å². The van der Waals surface area contributed by atoms with E-state index in [2.05, 4.69) is 0 Å². The molecule has 0 aliphatic heterocycles. The maximum absolute atomic E-state index is 13.2. The Hall–Kier alpha value is -2.32. The van der Waals surface area contributed by atoms with Crippen molar-refractivity contribution in [3.8, 4) is 5.75 Å². The number of thioether (sulfide) groups is 1. The average molecular weight is 458 g/mol. The molecule has 6 nitrogen and oxygen atoms in total. The van der Waals surface area contributed by atoms with E-state index in [1.807, 2.05) is 31.2 Å². The third-order valence-corrected chi connectivity index (χ3v) is 7.81. The molecule has 0 unspecified atom stereocenters. The monoisotopic (exact) mass is 457 g/mol. The molecule has 0 radical (unpaired) electrons. The zero-order valence-corrected chi connectivity index (χ0v) is 19.8. The molecular weight excluding hydrogens is 430 g/mol. The molecule has 0 saturated carbocycles. The van der Waals surface area contributed by atoms with E-state index < -0.39 is 0 Å². The Kier molecular flexibility index (Phi) is 6.67. The van der Waals surface area contributed by atoms with Gasteiger partial charge in [-0.15, -0.1) is 11.3 Å². The molecule has 8 heteroatoms. The first kappa shape index (κ1) is 21.9. The number of fused-ring (bicyclic) bond motifs is 3. The summed E-state index contributed by atoms with van der Waals surface area (Å²) >= 11 is 2.99. The Morgan fingerprint density at radius 1 is 1.32 bits per heavy atom. The molecule has 4 rings (SSSR count). The number of aryl methyl sites for hydroxylation is 2. The van der Waals surface area contributed by atoms with Crippen molar-refractivity contribution in [1.29, 1.82) is 0 Å². The van der Waals surface area contributed by atoms with Crippen molar-refractivity contribution >= 4 is 39.2 Å². The van der Waals surface area contributed by atoms with Gasteiger partial charge in [0.05, 0.1) is 18.2 Å². The largest absolute Gasteiger partial charge is 0.497 e. The molecule has 0 atom stereocenters. The number of thiophene rings is 1. The normalized spacial score (nSPS) is 13.3. The molecule has 0 bridgehead atoms. The van der Waals surface area contributed by atoms with Gasteiger partial charge in [-0.05, 0) is 55.9 Å². The molecule has 0 N–H and O–H groups in total. The lowest BCUT2D eigenvalue weighted by atomic mass is 9.97. The maximum Gasteiger partial charge on any atom is 0.263 e. The molecule has 1 amide bonds. The standard InChI is InChI=1S/C23H27N3O3S2/c1-4-26-22(28)20-17-10-5-6-11-18(17)31-21(20)24-23(26)30-14-19(27)25(2)13-15-8-7-9-16(12-15)29-3/h7-9,12H,4-6,10-11,13-14H2,1-3H3. The average Bonchev–Trinajstić information content (AvgIpc) is 3.16. The van der Waals surface area contributed by atoms with Gasteiger partial charge >= 0.3 is 0 Å². The Balaban J connectivity index is 1.51. The number of carbonyl (C=O) groups excluding carboxylic acids is 1. The number of carbonyl (C=O) groups is 1. The van der Waals surface area contributed by atoms with Crippen molar-refractivity contribution < 1.29 is 9.53 Å². The van der Waals surface area contributed by atoms with E-state index in [1.165, 1.54) is 28.6 Å². The Morgan fingerprint density at radius 2 is 2.13 bits per heavy atom. The van der Waals surface area contributed by atoms with E-state index >= 15 is 0 Å². The summed E-state index contributed by atoms with van der Waals surface area (Å²) in [6.45, 7) is 3.00. The molecular formula is C23H27N3O3S2. The molecule has 0 spiro atoms. The number of hydrogen-bond donors (Lipinski definition) is 0. The van der Waals surface area contributed by atoms with Gasteiger partial charge in [0.1, 0.15) is 10.6 Å². The smallest absolute Gasteiger partial charge is 0.263 e. The lowest BCUT2D eigenvalue weighted by Gasteiger charge is -2.18. The first-order valence-corrected chi connectivity index (χ1v) is 12.4. The number of benzene rings is 1. The van der Waals surface area contributed by atoms with Gasteiger partial charge in [-0.25, -0.2) is 4.98 Å². The maximum atomic E-state index is 13.2. The van der Waals surface area contributed by atoms with Crippen LogP contribution in [-0.4, -0.2) is 40.3 Å². The predicted octanol–water partition coefficient (Wildman–Crippen LogP) is 4.12. The summed E-state index contributed by atoms with van der Waals surface area (Å²) < 4.78 is 6.97. The summed E-state index contributed by atoms with van der Waals surface area (Å²) in [7, 11) is 3.42. The van der Waals surface area contributed by atoms with Gasteiger partial charge in [-0.1, -0.05) is 23.9 Å². The minimum absolute atomic E-state index is 0.00436. The lowest BCUT2D eigenvalue weighted by Crippen LogP contribution is -2.28. The van der Waals surface area contributed by atoms with E-state index in [1.54, 1.807) is 35.0 Å². The molecule has 1 aromatic carbocycles. The van der Waals surface area contributed by atoms with Crippen molar-refractivity contribution in [2.45, 2.75) is 50.9 Å². The molecule has 0 saturated heterocycles. The van der Waals surface area contributed by atoms with Crippen LogP contribution in [0.4, 0.5) is 0 Å². The van der Waals surface area contributed by atoms with Gasteiger partial charge in [-0.2, -0.15) is 0 Å². The molecule has 31 heavy (non-hydrogen) atoms. The van der Waals surface area contributed by atoms with Gasteiger partial charge in [0, 0.05) is 25.0 Å². The molecule has 2 heterocycles. The number of ether oxygens (including phenoxy) is 1. The van der Waals surface area contributed by atoms with Gasteiger partial charge < -0.3 is 9.64 Å². The highest BCUT2D eigenvalue weighted by molar-refractivity contribution is 7.99. The summed E-state index contributed by atoms with van der Waals surface area (Å²) in [6.07, 6.45) is 4.32. The number of hydrogen-bond acceptors (Lipinski definition) is 6. The van der Waals surface area contributed by atoms with E-state index in [0.717, 1.165) is 40.8 Å². The fourth-order valence-electron chi connectivity index (χ4n) is 3.98. The van der Waals surface area contributed by atoms with Crippen LogP contribution in [0.3, 0.4) is 0 Å². The Bertz CT molecular complexity index is 1170. The zero-order valence-electron chi connectivity index (χ0n) is 18.1. The Morgan fingerprint density at radius 3 is 2.90 bits per heavy atom. The highest BCUT2D eigenvalue weighted by atomic mass is 32.2. The summed E-state index contributed by atoms with van der Waals surface area (Å²) in [4.78, 5) is 34.6. The van der Waals surface area contributed by atoms with Crippen LogP contribution in [-0.2, 0) is 30.7 Å². The Labute approximate surface area is 190 Å². The number of aromatic nitrogens is 2. The summed E-state index contributed by atoms with van der Waals surface area (Å²) in [5, 5.41) is 1.43. The van der Waals surface area contributed by atoms with Gasteiger partial charge in [0.15, 0.2) is 5.16 Å². The second kappa shape index (κ2) is 9.44. The fourth-order valence-corrected chi connectivity index (χ4v) is 6.28. The minimum Gasteiger partial charge on any atom is -0.497 e. The van der Waals surface area contributed by atoms with E-state index in [0.29, 0.717) is 18.2 Å². The number of amides is 1. The van der Waals surface area contributed by atoms with E-state index in [-0.39, 0.29) is 17.2 Å². The van der Waals surface area contributed by atoms with Gasteiger partial charge in [-0.3, -0.25) is 14.2 Å². The third-order valence-electron chi connectivity index (χ3n) is 5.66. The second-order valence-corrected chi connectivity index (χ2v) is 9.75. The SMILES string of the molecule is CCn1c(SCC(=O)N(C)Cc2cccc(OC)c2)nc2sc3c(c2c1=O)CCCC3. The van der Waals surface area contributed by atoms with Gasteiger partial charge in [0.25, 0.3) is 5.56 Å². The molecule has 3 aromatic rings. The lowest BCUT2D eigenvalue weighted by molar-refractivity contribution is -0.127. The van der Waals surface area contributed by atoms with Crippen LogP contribution in [0.25, 0.3) is 10.2 Å². The minimum atomic E-state index is -0.00436. The number of rotatable bonds is 7. The van der Waals surface area contributed by atoms with Crippen LogP contribution in [0.1, 0.15) is 35.8 Å². The highest BCUT2D eigenvalue weighted by Crippen LogP contribution is 2.34. The van der Waals surface area contributed by atoms with E-state index in [4.69, 9.17) is 9.72 Å². The number of nitrogens with zero attached hydrogens (tertiary/aromatic N) is 3. The predicted molar refractivity (Wildman–Crippen MR) is 126 cm³/mol. The summed E-state index contributed by atoms with van der Waals surface area (Å²) in [5.74, 6) is 1.01. The number of methoxy groups -OCH3 is 1. The van der Waals surface area contributed by atoms with Crippen LogP contribution in [0.5, 0.6) is 5.75 Å². The van der Waals surface area contributed by atoms with Crippen LogP contribution < -0.4 is 10.3 Å². The van der Waals surface area contributed by atoms with Crippen LogP contribution in [0, 0.1) is 0 Å². The second-order valence-electron chi connectivity index (χ2n) is 7.72. The topological polar surface area (TPSA) is 64.4 Å². The quantitative estimate of drug-likeness (QED) is 0.395. The highest BCUT2D eigenvalue weighted by Gasteiger charge is 2.22. The zero-order chi connectivity index (χ0) is 22.0. The van der Waals surface area contributed by atoms with E-state index in [9.17, 15) is 9.59 Å². The van der Waals surface area contributed by atoms with Crippen LogP contribution in [0.2, 0.25) is 0 Å². The van der Waals surface area contributed by atoms with Crippen molar-refractivity contribution in [3.63, 3.8) is 0 Å². The molecule has 0 fully saturated rings. The van der Waals surface area contributed by atoms with Crippen LogP contribution in [0.15, 0.2) is 34.2 Å². The molecule has 2 aromatic heterocycles. The van der Waals surface area contributed by atoms with Crippen molar-refractivity contribution in [2.24, 2.45) is 0 Å². The van der Waals surface area contributed by atoms with Gasteiger partial charge in [0.2, 0.25) is 5.91 Å². The first-order valence-electron chi connectivity index (χ1n) is 10.6. The molecule has 1 aliphatic carbocycles. The van der Waals surface area contributed by atoms with Crippen molar-refractivity contribution in [3.05, 3.63) is 50.6 Å². The molecule has 164 valence electrons. The first-order chi connectivity index (χ1) is 15.0. The third kappa shape index (κ3) is 4.50. The van der Waals surface area contributed by atoms with Crippen molar-refractivity contribution in [2.75, 3.05) is 19.9 Å². The summed E-state index contributed by atoms with van der Waals surface area (Å²) in [5.41, 5.74) is 2.25. The summed E-state index contributed by atoms with van der Waals surface area (Å²) in [6, 6.07) is 7.71. The molecule has 1 aliphatic rings. The fraction of sp³-hybridized carbons (Fsp3) is 0.435. The van der Waals surface area contributed by atoms with Crippen molar-refractivity contribution in [1.82, 2.24) is 14.5 Å².